The smallest absolute Gasteiger partial charge is 0.348 e. The van der Waals surface area contributed by atoms with Crippen LogP contribution < -0.4 is 22.4 Å². The minimum absolute atomic E-state index is 0.0313. The normalized spacial score (nSPS) is 10.2. The highest BCUT2D eigenvalue weighted by atomic mass is 32.2. The Kier molecular flexibility index (Phi) is 6.39. The minimum Gasteiger partial charge on any atom is -0.462 e. The SMILES string of the molecule is CCOC(=O)c1sc(NC(=O)CSc2nnc(NN)n2N)c(C#N)c1C. The summed E-state index contributed by atoms with van der Waals surface area (Å²) < 4.78 is 6.06. The summed E-state index contributed by atoms with van der Waals surface area (Å²) in [6.45, 7) is 3.54. The molecule has 0 aliphatic heterocycles. The number of amides is 1. The molecule has 0 fully saturated rings. The molecule has 0 radical (unpaired) electrons. The van der Waals surface area contributed by atoms with Crippen LogP contribution in [0.2, 0.25) is 0 Å². The van der Waals surface area contributed by atoms with Crippen molar-refractivity contribution in [2.45, 2.75) is 19.0 Å². The lowest BCUT2D eigenvalue weighted by molar-refractivity contribution is -0.113. The van der Waals surface area contributed by atoms with Gasteiger partial charge >= 0.3 is 5.97 Å². The van der Waals surface area contributed by atoms with Gasteiger partial charge in [0, 0.05) is 0 Å². The molecule has 6 N–H and O–H groups in total. The molecule has 0 saturated carbocycles. The number of ether oxygens (including phenoxy) is 1. The third kappa shape index (κ3) is 4.04. The monoisotopic (exact) mass is 396 g/mol. The number of esters is 1. The highest BCUT2D eigenvalue weighted by Crippen LogP contribution is 2.33. The van der Waals surface area contributed by atoms with Gasteiger partial charge in [0.1, 0.15) is 15.9 Å². The molecule has 0 atom stereocenters. The zero-order valence-electron chi connectivity index (χ0n) is 13.9. The van der Waals surface area contributed by atoms with E-state index in [1.807, 2.05) is 6.07 Å². The molecule has 0 spiro atoms. The number of aromatic nitrogens is 3. The summed E-state index contributed by atoms with van der Waals surface area (Å²) in [6, 6.07) is 1.99. The van der Waals surface area contributed by atoms with Crippen molar-refractivity contribution in [1.82, 2.24) is 14.9 Å². The molecule has 2 heterocycles. The summed E-state index contributed by atoms with van der Waals surface area (Å²) in [5, 5.41) is 20.0. The molecule has 11 nitrogen and oxygen atoms in total. The number of hydrogen-bond acceptors (Lipinski definition) is 11. The van der Waals surface area contributed by atoms with E-state index in [2.05, 4.69) is 20.9 Å². The number of nitrogens with one attached hydrogen (secondary N) is 2. The van der Waals surface area contributed by atoms with Crippen LogP contribution in [0.25, 0.3) is 0 Å². The van der Waals surface area contributed by atoms with Crippen molar-refractivity contribution < 1.29 is 14.3 Å². The number of nitrogens with zero attached hydrogens (tertiary/aromatic N) is 4. The first-order valence-electron chi connectivity index (χ1n) is 7.23. The van der Waals surface area contributed by atoms with Crippen molar-refractivity contribution in [3.63, 3.8) is 0 Å². The number of nitriles is 1. The van der Waals surface area contributed by atoms with E-state index in [-0.39, 0.29) is 38.9 Å². The molecule has 1 amide bonds. The van der Waals surface area contributed by atoms with Gasteiger partial charge in [-0.15, -0.1) is 21.5 Å². The topological polar surface area (TPSA) is 174 Å². The number of nitrogen functional groups attached to an aromatic ring is 2. The fourth-order valence-electron chi connectivity index (χ4n) is 1.89. The Labute approximate surface area is 156 Å². The van der Waals surface area contributed by atoms with Crippen molar-refractivity contribution in [2.24, 2.45) is 5.84 Å². The molecule has 2 aromatic rings. The number of carbonyl (C=O) groups is 2. The van der Waals surface area contributed by atoms with Gasteiger partial charge in [-0.25, -0.2) is 15.3 Å². The molecular weight excluding hydrogens is 380 g/mol. The average molecular weight is 396 g/mol. The molecule has 26 heavy (non-hydrogen) atoms. The summed E-state index contributed by atoms with van der Waals surface area (Å²) >= 11 is 2.03. The highest BCUT2D eigenvalue weighted by molar-refractivity contribution is 7.99. The van der Waals surface area contributed by atoms with Gasteiger partial charge in [0.25, 0.3) is 5.95 Å². The molecule has 0 bridgehead atoms. The number of hydrogen-bond donors (Lipinski definition) is 4. The zero-order chi connectivity index (χ0) is 19.3. The van der Waals surface area contributed by atoms with Gasteiger partial charge in [-0.05, 0) is 19.4 Å². The minimum atomic E-state index is -0.528. The van der Waals surface area contributed by atoms with Crippen molar-refractivity contribution in [1.29, 1.82) is 5.26 Å². The molecule has 0 unspecified atom stereocenters. The summed E-state index contributed by atoms with van der Waals surface area (Å²) in [7, 11) is 0. The van der Waals surface area contributed by atoms with Gasteiger partial charge in [-0.1, -0.05) is 11.8 Å². The number of carbonyl (C=O) groups excluding carboxylic acids is 2. The van der Waals surface area contributed by atoms with E-state index in [9.17, 15) is 14.9 Å². The Hall–Kier alpha value is -2.82. The van der Waals surface area contributed by atoms with Crippen LogP contribution in [0.4, 0.5) is 10.9 Å². The van der Waals surface area contributed by atoms with Crippen LogP contribution in [0.3, 0.4) is 0 Å². The third-order valence-electron chi connectivity index (χ3n) is 3.10. The zero-order valence-corrected chi connectivity index (χ0v) is 15.5. The molecule has 0 aliphatic rings. The molecule has 138 valence electrons. The molecular formula is C13H16N8O3S2. The Balaban J connectivity index is 2.08. The fourth-order valence-corrected chi connectivity index (χ4v) is 3.62. The van der Waals surface area contributed by atoms with E-state index < -0.39 is 11.9 Å². The Morgan fingerprint density at radius 3 is 2.77 bits per heavy atom. The fraction of sp³-hybridized carbons (Fsp3) is 0.308. The van der Waals surface area contributed by atoms with E-state index in [1.165, 1.54) is 0 Å². The van der Waals surface area contributed by atoms with Crippen LogP contribution in [0.1, 0.15) is 27.7 Å². The lowest BCUT2D eigenvalue weighted by Crippen LogP contribution is -2.19. The van der Waals surface area contributed by atoms with Gasteiger partial charge in [0.05, 0.1) is 17.9 Å². The largest absolute Gasteiger partial charge is 0.462 e. The first-order valence-corrected chi connectivity index (χ1v) is 9.03. The number of nitrogens with two attached hydrogens (primary N) is 2. The number of thiophene rings is 1. The van der Waals surface area contributed by atoms with Crippen LogP contribution >= 0.6 is 23.1 Å². The summed E-state index contributed by atoms with van der Waals surface area (Å²) in [5.41, 5.74) is 2.96. The predicted octanol–water partition coefficient (Wildman–Crippen LogP) is 0.427. The van der Waals surface area contributed by atoms with E-state index >= 15 is 0 Å². The second-order valence-electron chi connectivity index (χ2n) is 4.75. The summed E-state index contributed by atoms with van der Waals surface area (Å²) in [6.07, 6.45) is 0. The standard InChI is InChI=1S/C13H16N8O3S2/c1-3-24-11(23)9-6(2)7(4-14)10(26-9)17-8(22)5-25-13-20-19-12(18-15)21(13)16/h3,5,15-16H2,1-2H3,(H,17,22)(H,18,19). The second kappa shape index (κ2) is 8.52. The lowest BCUT2D eigenvalue weighted by atomic mass is 10.2. The average Bonchev–Trinajstić information content (AvgIpc) is 3.12. The number of rotatable bonds is 7. The number of anilines is 2. The first-order chi connectivity index (χ1) is 12.4. The maximum absolute atomic E-state index is 12.2. The van der Waals surface area contributed by atoms with E-state index in [1.54, 1.807) is 13.8 Å². The van der Waals surface area contributed by atoms with Crippen LogP contribution in [0.5, 0.6) is 0 Å². The second-order valence-corrected chi connectivity index (χ2v) is 6.71. The predicted molar refractivity (Wildman–Crippen MR) is 97.1 cm³/mol. The van der Waals surface area contributed by atoms with Crippen LogP contribution in [-0.4, -0.2) is 39.1 Å². The Bertz CT molecular complexity index is 870. The van der Waals surface area contributed by atoms with Crippen molar-refractivity contribution in [3.8, 4) is 6.07 Å². The molecule has 2 aromatic heterocycles. The summed E-state index contributed by atoms with van der Waals surface area (Å²) in [5.74, 6) is 10.1. The molecule has 13 heteroatoms. The first kappa shape index (κ1) is 19.5. The maximum atomic E-state index is 12.2. The van der Waals surface area contributed by atoms with Gasteiger partial charge in [-0.2, -0.15) is 5.26 Å². The van der Waals surface area contributed by atoms with Gasteiger partial charge < -0.3 is 15.9 Å². The van der Waals surface area contributed by atoms with E-state index in [0.717, 1.165) is 27.8 Å². The van der Waals surface area contributed by atoms with Crippen molar-refractivity contribution in [3.05, 3.63) is 16.0 Å². The van der Waals surface area contributed by atoms with E-state index in [0.29, 0.717) is 5.56 Å². The van der Waals surface area contributed by atoms with Crippen LogP contribution in [0.15, 0.2) is 5.16 Å². The third-order valence-corrected chi connectivity index (χ3v) is 5.23. The van der Waals surface area contributed by atoms with Crippen molar-refractivity contribution in [2.75, 3.05) is 28.9 Å². The van der Waals surface area contributed by atoms with Crippen molar-refractivity contribution >= 4 is 45.9 Å². The highest BCUT2D eigenvalue weighted by Gasteiger charge is 2.22. The van der Waals surface area contributed by atoms with Gasteiger partial charge in [0.2, 0.25) is 11.1 Å². The van der Waals surface area contributed by atoms with Crippen LogP contribution in [-0.2, 0) is 9.53 Å². The molecule has 0 aromatic carbocycles. The Morgan fingerprint density at radius 1 is 1.46 bits per heavy atom. The number of hydrazine groups is 1. The molecule has 2 rings (SSSR count). The van der Waals surface area contributed by atoms with E-state index in [4.69, 9.17) is 16.4 Å². The number of thioether (sulfide) groups is 1. The Morgan fingerprint density at radius 2 is 2.19 bits per heavy atom. The van der Waals surface area contributed by atoms with Gasteiger partial charge in [0.15, 0.2) is 0 Å². The lowest BCUT2D eigenvalue weighted by Gasteiger charge is -2.04. The molecule has 0 saturated heterocycles. The quantitative estimate of drug-likeness (QED) is 0.222. The van der Waals surface area contributed by atoms with Gasteiger partial charge in [-0.3, -0.25) is 10.2 Å². The molecule has 0 aliphatic carbocycles. The summed E-state index contributed by atoms with van der Waals surface area (Å²) in [4.78, 5) is 24.4. The maximum Gasteiger partial charge on any atom is 0.348 e. The van der Waals surface area contributed by atoms with Crippen LogP contribution in [0, 0.1) is 18.3 Å².